The van der Waals surface area contributed by atoms with Crippen molar-refractivity contribution in [1.82, 2.24) is 0 Å². The van der Waals surface area contributed by atoms with Crippen molar-refractivity contribution in [2.75, 3.05) is 5.73 Å². The van der Waals surface area contributed by atoms with Crippen LogP contribution in [0.3, 0.4) is 0 Å². The first-order valence-corrected chi connectivity index (χ1v) is 4.42. The number of rotatable bonds is 1. The van der Waals surface area contributed by atoms with E-state index in [1.165, 1.54) is 0 Å². The van der Waals surface area contributed by atoms with E-state index in [0.29, 0.717) is 0 Å². The van der Waals surface area contributed by atoms with E-state index in [1.807, 2.05) is 13.8 Å². The molecule has 3 N–H and O–H groups in total. The third kappa shape index (κ3) is 1.99. The van der Waals surface area contributed by atoms with Crippen LogP contribution >= 0.6 is 11.6 Å². The molecule has 76 valence electrons. The second-order valence-corrected chi connectivity index (χ2v) is 3.65. The van der Waals surface area contributed by atoms with E-state index in [-0.39, 0.29) is 22.0 Å². The van der Waals surface area contributed by atoms with Crippen molar-refractivity contribution >= 4 is 23.4 Å². The Morgan fingerprint density at radius 3 is 2.64 bits per heavy atom. The van der Waals surface area contributed by atoms with Crippen molar-refractivity contribution in [3.63, 3.8) is 0 Å². The topological polar surface area (TPSA) is 46.2 Å². The highest BCUT2D eigenvalue weighted by Gasteiger charge is 2.12. The van der Waals surface area contributed by atoms with Gasteiger partial charge in [-0.25, -0.2) is 4.39 Å². The van der Waals surface area contributed by atoms with E-state index in [2.05, 4.69) is 0 Å². The number of hydrogen-bond donors (Lipinski definition) is 2. The molecule has 0 aliphatic carbocycles. The average Bonchev–Trinajstić information content (AvgIpc) is 2.09. The lowest BCUT2D eigenvalue weighted by atomic mass is 10.1. The minimum Gasteiger partial charge on any atom is -0.506 e. The maximum absolute atomic E-state index is 13.1. The Bertz CT molecular complexity index is 371. The normalized spacial score (nSPS) is 10.0. The molecule has 0 bridgehead atoms. The first-order chi connectivity index (χ1) is 6.43. The number of nitrogens with two attached hydrogens (primary N) is 1. The summed E-state index contributed by atoms with van der Waals surface area (Å²) in [7, 11) is 0. The molecule has 0 fully saturated rings. The lowest BCUT2D eigenvalue weighted by molar-refractivity contribution is 0.472. The molecule has 0 heterocycles. The molecule has 1 aromatic rings. The molecular weight excluding hydrogens is 205 g/mol. The van der Waals surface area contributed by atoms with Gasteiger partial charge in [0, 0.05) is 5.56 Å². The third-order valence-corrected chi connectivity index (χ3v) is 2.00. The molecule has 0 amide bonds. The molecule has 0 saturated heterocycles. The minimum absolute atomic E-state index is 0.0378. The van der Waals surface area contributed by atoms with Gasteiger partial charge < -0.3 is 10.8 Å². The summed E-state index contributed by atoms with van der Waals surface area (Å²) in [6.07, 6.45) is 1.58. The fourth-order valence-electron chi connectivity index (χ4n) is 1.08. The van der Waals surface area contributed by atoms with Gasteiger partial charge in [0.2, 0.25) is 0 Å². The van der Waals surface area contributed by atoms with E-state index in [9.17, 15) is 9.50 Å². The molecule has 0 aliphatic heterocycles. The van der Waals surface area contributed by atoms with Gasteiger partial charge in [0.05, 0.1) is 10.7 Å². The highest BCUT2D eigenvalue weighted by Crippen LogP contribution is 2.35. The molecule has 0 saturated carbocycles. The molecular formula is C10H11ClFNO. The molecule has 2 nitrogen and oxygen atoms in total. The Kier molecular flexibility index (Phi) is 3.01. The number of nitrogen functional groups attached to an aromatic ring is 1. The number of anilines is 1. The molecule has 0 aromatic heterocycles. The van der Waals surface area contributed by atoms with Gasteiger partial charge >= 0.3 is 0 Å². The van der Waals surface area contributed by atoms with Crippen molar-refractivity contribution in [3.05, 3.63) is 28.0 Å². The number of benzene rings is 1. The fourth-order valence-corrected chi connectivity index (χ4v) is 1.27. The van der Waals surface area contributed by atoms with Crippen LogP contribution in [-0.4, -0.2) is 5.11 Å². The molecule has 0 atom stereocenters. The van der Waals surface area contributed by atoms with Gasteiger partial charge in [0.1, 0.15) is 11.6 Å². The zero-order valence-corrected chi connectivity index (χ0v) is 8.69. The van der Waals surface area contributed by atoms with E-state index >= 15 is 0 Å². The summed E-state index contributed by atoms with van der Waals surface area (Å²) >= 11 is 5.60. The van der Waals surface area contributed by atoms with Crippen molar-refractivity contribution in [2.45, 2.75) is 13.8 Å². The first-order valence-electron chi connectivity index (χ1n) is 4.04. The highest BCUT2D eigenvalue weighted by atomic mass is 35.5. The third-order valence-electron chi connectivity index (χ3n) is 1.72. The van der Waals surface area contributed by atoms with E-state index in [4.69, 9.17) is 17.3 Å². The molecule has 0 aliphatic rings. The number of phenolic OH excluding ortho intramolecular Hbond substituents is 1. The van der Waals surface area contributed by atoms with Crippen LogP contribution in [0.5, 0.6) is 5.75 Å². The second-order valence-electron chi connectivity index (χ2n) is 3.24. The first kappa shape index (κ1) is 10.9. The number of allylic oxidation sites excluding steroid dienone is 1. The van der Waals surface area contributed by atoms with Crippen molar-refractivity contribution in [3.8, 4) is 5.75 Å². The van der Waals surface area contributed by atoms with Crippen LogP contribution < -0.4 is 5.73 Å². The number of aromatic hydroxyl groups is 1. The van der Waals surface area contributed by atoms with Crippen molar-refractivity contribution in [2.24, 2.45) is 0 Å². The maximum Gasteiger partial charge on any atom is 0.148 e. The van der Waals surface area contributed by atoms with Crippen LogP contribution in [0.25, 0.3) is 6.08 Å². The van der Waals surface area contributed by atoms with Crippen LogP contribution in [0.4, 0.5) is 10.1 Å². The van der Waals surface area contributed by atoms with Crippen LogP contribution in [0.1, 0.15) is 19.4 Å². The highest BCUT2D eigenvalue weighted by molar-refractivity contribution is 6.32. The Morgan fingerprint density at radius 2 is 2.14 bits per heavy atom. The van der Waals surface area contributed by atoms with Gasteiger partial charge in [-0.15, -0.1) is 0 Å². The maximum atomic E-state index is 13.1. The predicted octanol–water partition coefficient (Wildman–Crippen LogP) is 3.19. The minimum atomic E-state index is -0.625. The average molecular weight is 216 g/mol. The van der Waals surface area contributed by atoms with Gasteiger partial charge in [-0.3, -0.25) is 0 Å². The summed E-state index contributed by atoms with van der Waals surface area (Å²) < 4.78 is 13.1. The molecule has 0 radical (unpaired) electrons. The number of phenols is 1. The van der Waals surface area contributed by atoms with Gasteiger partial charge in [0.15, 0.2) is 0 Å². The predicted molar refractivity (Wildman–Crippen MR) is 56.8 cm³/mol. The second kappa shape index (κ2) is 3.88. The summed E-state index contributed by atoms with van der Waals surface area (Å²) in [5.41, 5.74) is 6.50. The monoisotopic (exact) mass is 215 g/mol. The Balaban J connectivity index is 3.47. The Morgan fingerprint density at radius 1 is 1.57 bits per heavy atom. The quantitative estimate of drug-likeness (QED) is 0.707. The zero-order chi connectivity index (χ0) is 10.9. The summed E-state index contributed by atoms with van der Waals surface area (Å²) in [6, 6.07) is 0.995. The van der Waals surface area contributed by atoms with Crippen LogP contribution in [0, 0.1) is 5.82 Å². The largest absolute Gasteiger partial charge is 0.506 e. The lowest BCUT2D eigenvalue weighted by Gasteiger charge is -2.07. The van der Waals surface area contributed by atoms with Crippen molar-refractivity contribution < 1.29 is 9.50 Å². The summed E-state index contributed by atoms with van der Waals surface area (Å²) in [5, 5.41) is 9.49. The summed E-state index contributed by atoms with van der Waals surface area (Å²) in [4.78, 5) is 0. The van der Waals surface area contributed by atoms with Crippen LogP contribution in [0.15, 0.2) is 11.6 Å². The summed E-state index contributed by atoms with van der Waals surface area (Å²) in [5.74, 6) is -0.813. The van der Waals surface area contributed by atoms with Gasteiger partial charge in [-0.2, -0.15) is 0 Å². The molecule has 0 unspecified atom stereocenters. The Hall–Kier alpha value is -1.22. The number of hydrogen-bond acceptors (Lipinski definition) is 2. The SMILES string of the molecule is CC(C)=Cc1c(N)c(F)cc(Cl)c1O. The van der Waals surface area contributed by atoms with E-state index in [1.54, 1.807) is 6.08 Å². The molecule has 1 rings (SSSR count). The molecule has 4 heteroatoms. The van der Waals surface area contributed by atoms with E-state index < -0.39 is 5.82 Å². The molecule has 1 aromatic carbocycles. The standard InChI is InChI=1S/C10H11ClFNO/c1-5(2)3-6-9(13)8(12)4-7(11)10(6)14/h3-4,14H,13H2,1-2H3. The van der Waals surface area contributed by atoms with E-state index in [0.717, 1.165) is 11.6 Å². The fraction of sp³-hybridized carbons (Fsp3) is 0.200. The Labute approximate surface area is 86.8 Å². The molecule has 14 heavy (non-hydrogen) atoms. The van der Waals surface area contributed by atoms with Gasteiger partial charge in [-0.1, -0.05) is 23.3 Å². The zero-order valence-electron chi connectivity index (χ0n) is 7.94. The van der Waals surface area contributed by atoms with Crippen LogP contribution in [0.2, 0.25) is 5.02 Å². The molecule has 0 spiro atoms. The van der Waals surface area contributed by atoms with Gasteiger partial charge in [-0.05, 0) is 19.9 Å². The van der Waals surface area contributed by atoms with Gasteiger partial charge in [0.25, 0.3) is 0 Å². The lowest BCUT2D eigenvalue weighted by Crippen LogP contribution is -1.95. The number of halogens is 2. The van der Waals surface area contributed by atoms with Crippen molar-refractivity contribution in [1.29, 1.82) is 0 Å². The van der Waals surface area contributed by atoms with Crippen LogP contribution in [-0.2, 0) is 0 Å². The summed E-state index contributed by atoms with van der Waals surface area (Å²) in [6.45, 7) is 3.63. The smallest absolute Gasteiger partial charge is 0.148 e.